The monoisotopic (exact) mass is 253 g/mol. The second kappa shape index (κ2) is 6.05. The maximum atomic E-state index is 9.30. The summed E-state index contributed by atoms with van der Waals surface area (Å²) >= 11 is 0. The van der Waals surface area contributed by atoms with E-state index in [2.05, 4.69) is 20.3 Å². The summed E-state index contributed by atoms with van der Waals surface area (Å²) < 4.78 is 5.33. The molecule has 1 fully saturated rings. The van der Waals surface area contributed by atoms with Crippen LogP contribution in [0.1, 0.15) is 11.5 Å². The maximum absolute atomic E-state index is 9.30. The van der Waals surface area contributed by atoms with Gasteiger partial charge in [-0.15, -0.1) is 0 Å². The van der Waals surface area contributed by atoms with Crippen molar-refractivity contribution in [2.75, 3.05) is 31.8 Å². The van der Waals surface area contributed by atoms with Crippen LogP contribution in [0.4, 0.5) is 5.82 Å². The van der Waals surface area contributed by atoms with Gasteiger partial charge in [0.1, 0.15) is 11.6 Å². The fourth-order valence-corrected chi connectivity index (χ4v) is 2.02. The third kappa shape index (κ3) is 3.14. The standard InChI is InChI=1S/C11H19N5O2/c1-8-4-10(15-12)14-11(13-8)5-16-2-3-18-7-9(16)6-17/h4,9,17H,2-3,5-7,12H2,1H3,(H,13,14,15). The van der Waals surface area contributed by atoms with Gasteiger partial charge in [-0.3, -0.25) is 4.90 Å². The number of hydrazine groups is 1. The van der Waals surface area contributed by atoms with E-state index in [-0.39, 0.29) is 12.6 Å². The fraction of sp³-hybridized carbons (Fsp3) is 0.636. The number of nitrogens with two attached hydrogens (primary N) is 1. The molecule has 0 spiro atoms. The van der Waals surface area contributed by atoms with E-state index in [1.165, 1.54) is 0 Å². The molecular formula is C11H19N5O2. The van der Waals surface area contributed by atoms with Gasteiger partial charge in [0, 0.05) is 18.3 Å². The van der Waals surface area contributed by atoms with E-state index in [0.717, 1.165) is 12.2 Å². The van der Waals surface area contributed by atoms with Gasteiger partial charge in [0.15, 0.2) is 0 Å². The van der Waals surface area contributed by atoms with Crippen LogP contribution in [0.3, 0.4) is 0 Å². The molecule has 0 saturated carbocycles. The van der Waals surface area contributed by atoms with Crippen molar-refractivity contribution in [3.8, 4) is 0 Å². The Kier molecular flexibility index (Phi) is 4.43. The van der Waals surface area contributed by atoms with E-state index >= 15 is 0 Å². The van der Waals surface area contributed by atoms with E-state index in [4.69, 9.17) is 10.6 Å². The molecule has 1 unspecified atom stereocenters. The van der Waals surface area contributed by atoms with Crippen LogP contribution in [0, 0.1) is 6.92 Å². The number of aliphatic hydroxyl groups is 1. The van der Waals surface area contributed by atoms with Crippen LogP contribution < -0.4 is 11.3 Å². The number of hydrogen-bond acceptors (Lipinski definition) is 7. The lowest BCUT2D eigenvalue weighted by Gasteiger charge is -2.33. The molecule has 0 bridgehead atoms. The highest BCUT2D eigenvalue weighted by Gasteiger charge is 2.23. The van der Waals surface area contributed by atoms with Gasteiger partial charge in [-0.05, 0) is 6.92 Å². The normalized spacial score (nSPS) is 20.9. The summed E-state index contributed by atoms with van der Waals surface area (Å²) in [7, 11) is 0. The van der Waals surface area contributed by atoms with Crippen LogP contribution in [-0.4, -0.2) is 52.4 Å². The number of rotatable bonds is 4. The molecule has 4 N–H and O–H groups in total. The van der Waals surface area contributed by atoms with Gasteiger partial charge in [-0.2, -0.15) is 0 Å². The Morgan fingerprint density at radius 1 is 1.61 bits per heavy atom. The molecule has 1 aromatic rings. The first-order valence-corrected chi connectivity index (χ1v) is 5.96. The highest BCUT2D eigenvalue weighted by molar-refractivity contribution is 5.33. The van der Waals surface area contributed by atoms with Crippen LogP contribution in [0.5, 0.6) is 0 Å². The van der Waals surface area contributed by atoms with Crippen molar-refractivity contribution in [2.45, 2.75) is 19.5 Å². The molecule has 0 radical (unpaired) electrons. The number of hydrogen-bond donors (Lipinski definition) is 3. The number of nitrogens with one attached hydrogen (secondary N) is 1. The number of ether oxygens (including phenoxy) is 1. The molecule has 1 aliphatic rings. The minimum absolute atomic E-state index is 0.0112. The highest BCUT2D eigenvalue weighted by atomic mass is 16.5. The van der Waals surface area contributed by atoms with Crippen molar-refractivity contribution in [3.05, 3.63) is 17.6 Å². The zero-order valence-corrected chi connectivity index (χ0v) is 10.5. The number of nitrogens with zero attached hydrogens (tertiary/aromatic N) is 3. The predicted octanol–water partition coefficient (Wildman–Crippen LogP) is -0.736. The van der Waals surface area contributed by atoms with E-state index in [1.807, 2.05) is 6.92 Å². The van der Waals surface area contributed by atoms with Crippen molar-refractivity contribution in [1.29, 1.82) is 0 Å². The Balaban J connectivity index is 2.09. The smallest absolute Gasteiger partial charge is 0.145 e. The molecule has 0 aromatic carbocycles. The summed E-state index contributed by atoms with van der Waals surface area (Å²) in [5.74, 6) is 6.66. The van der Waals surface area contributed by atoms with Crippen LogP contribution >= 0.6 is 0 Å². The SMILES string of the molecule is Cc1cc(NN)nc(CN2CCOCC2CO)n1. The molecule has 7 nitrogen and oxygen atoms in total. The first-order valence-electron chi connectivity index (χ1n) is 5.96. The molecule has 2 heterocycles. The summed E-state index contributed by atoms with van der Waals surface area (Å²) in [6, 6.07) is 1.80. The number of nitrogen functional groups attached to an aromatic ring is 1. The molecule has 18 heavy (non-hydrogen) atoms. The van der Waals surface area contributed by atoms with E-state index in [1.54, 1.807) is 6.07 Å². The predicted molar refractivity (Wildman–Crippen MR) is 66.7 cm³/mol. The summed E-state index contributed by atoms with van der Waals surface area (Å²) in [6.07, 6.45) is 0. The third-order valence-corrected chi connectivity index (χ3v) is 2.95. The van der Waals surface area contributed by atoms with Crippen LogP contribution in [0.15, 0.2) is 6.07 Å². The number of aliphatic hydroxyl groups excluding tert-OH is 1. The summed E-state index contributed by atoms with van der Waals surface area (Å²) in [5.41, 5.74) is 3.39. The van der Waals surface area contributed by atoms with Crippen LogP contribution in [0.25, 0.3) is 0 Å². The summed E-state index contributed by atoms with van der Waals surface area (Å²) in [6.45, 7) is 4.55. The Labute approximate surface area is 106 Å². The maximum Gasteiger partial charge on any atom is 0.145 e. The minimum Gasteiger partial charge on any atom is -0.395 e. The van der Waals surface area contributed by atoms with Gasteiger partial charge in [-0.25, -0.2) is 15.8 Å². The van der Waals surface area contributed by atoms with Crippen molar-refractivity contribution < 1.29 is 9.84 Å². The number of morpholine rings is 1. The lowest BCUT2D eigenvalue weighted by atomic mass is 10.2. The Morgan fingerprint density at radius 2 is 2.44 bits per heavy atom. The fourth-order valence-electron chi connectivity index (χ4n) is 2.02. The summed E-state index contributed by atoms with van der Waals surface area (Å²) in [4.78, 5) is 10.8. The van der Waals surface area contributed by atoms with Gasteiger partial charge in [0.05, 0.1) is 32.4 Å². The highest BCUT2D eigenvalue weighted by Crippen LogP contribution is 2.12. The minimum atomic E-state index is 0.0112. The Hall–Kier alpha value is -1.28. The topological polar surface area (TPSA) is 96.5 Å². The van der Waals surface area contributed by atoms with Crippen molar-refractivity contribution in [1.82, 2.24) is 14.9 Å². The van der Waals surface area contributed by atoms with Crippen molar-refractivity contribution in [3.63, 3.8) is 0 Å². The number of anilines is 1. The molecule has 1 saturated heterocycles. The molecule has 0 amide bonds. The van der Waals surface area contributed by atoms with Gasteiger partial charge in [-0.1, -0.05) is 0 Å². The van der Waals surface area contributed by atoms with Gasteiger partial charge in [0.2, 0.25) is 0 Å². The molecule has 2 rings (SSSR count). The van der Waals surface area contributed by atoms with Crippen molar-refractivity contribution in [2.24, 2.45) is 5.84 Å². The average Bonchev–Trinajstić information content (AvgIpc) is 2.38. The first-order chi connectivity index (χ1) is 8.72. The van der Waals surface area contributed by atoms with Crippen LogP contribution in [-0.2, 0) is 11.3 Å². The van der Waals surface area contributed by atoms with Gasteiger partial charge >= 0.3 is 0 Å². The molecule has 1 aliphatic heterocycles. The molecular weight excluding hydrogens is 234 g/mol. The van der Waals surface area contributed by atoms with E-state index < -0.39 is 0 Å². The number of aryl methyl sites for hydroxylation is 1. The zero-order chi connectivity index (χ0) is 13.0. The third-order valence-electron chi connectivity index (χ3n) is 2.95. The lowest BCUT2D eigenvalue weighted by Crippen LogP contribution is -2.47. The molecule has 1 atom stereocenters. The molecule has 1 aromatic heterocycles. The van der Waals surface area contributed by atoms with Gasteiger partial charge < -0.3 is 15.3 Å². The van der Waals surface area contributed by atoms with E-state index in [9.17, 15) is 5.11 Å². The molecule has 100 valence electrons. The van der Waals surface area contributed by atoms with Crippen molar-refractivity contribution >= 4 is 5.82 Å². The summed E-state index contributed by atoms with van der Waals surface area (Å²) in [5, 5.41) is 9.30. The molecule has 0 aliphatic carbocycles. The van der Waals surface area contributed by atoms with Gasteiger partial charge in [0.25, 0.3) is 0 Å². The first kappa shape index (κ1) is 13.2. The van der Waals surface area contributed by atoms with E-state index in [0.29, 0.717) is 31.4 Å². The lowest BCUT2D eigenvalue weighted by molar-refractivity contribution is -0.0322. The quantitative estimate of drug-likeness (QED) is 0.480. The molecule has 7 heteroatoms. The zero-order valence-electron chi connectivity index (χ0n) is 10.5. The van der Waals surface area contributed by atoms with Crippen LogP contribution in [0.2, 0.25) is 0 Å². The second-order valence-corrected chi connectivity index (χ2v) is 4.34. The largest absolute Gasteiger partial charge is 0.395 e. The average molecular weight is 253 g/mol. The number of aromatic nitrogens is 2. The Bertz CT molecular complexity index is 401. The Morgan fingerprint density at radius 3 is 3.17 bits per heavy atom. The second-order valence-electron chi connectivity index (χ2n) is 4.34.